The van der Waals surface area contributed by atoms with Crippen LogP contribution in [0.25, 0.3) is 11.1 Å². The topological polar surface area (TPSA) is 108 Å². The van der Waals surface area contributed by atoms with Crippen LogP contribution in [0.5, 0.6) is 11.5 Å². The molecule has 9 heteroatoms. The summed E-state index contributed by atoms with van der Waals surface area (Å²) in [6, 6.07) is 19.9. The Hall–Kier alpha value is -4.00. The van der Waals surface area contributed by atoms with Crippen molar-refractivity contribution in [2.75, 3.05) is 13.2 Å². The summed E-state index contributed by atoms with van der Waals surface area (Å²) in [4.78, 5) is 4.11. The fourth-order valence-corrected chi connectivity index (χ4v) is 5.58. The van der Waals surface area contributed by atoms with Crippen LogP contribution in [0.3, 0.4) is 0 Å². The summed E-state index contributed by atoms with van der Waals surface area (Å²) in [7, 11) is 0. The van der Waals surface area contributed by atoms with E-state index in [0.29, 0.717) is 46.1 Å². The molecule has 1 aromatic heterocycles. The molecule has 0 spiro atoms. The lowest BCUT2D eigenvalue weighted by Gasteiger charge is -2.30. The van der Waals surface area contributed by atoms with E-state index in [2.05, 4.69) is 16.4 Å². The fraction of sp³-hybridized carbons (Fsp3) is 0.294. The number of fused-ring (bicyclic) bond motifs is 1. The third-order valence-electron chi connectivity index (χ3n) is 8.02. The summed E-state index contributed by atoms with van der Waals surface area (Å²) in [6.45, 7) is 1.81. The molecule has 3 aromatic carbocycles. The van der Waals surface area contributed by atoms with Gasteiger partial charge in [-0.25, -0.2) is 4.39 Å². The molecule has 0 unspecified atom stereocenters. The van der Waals surface area contributed by atoms with Crippen molar-refractivity contribution in [2.24, 2.45) is 0 Å². The number of nitriles is 1. The number of aliphatic hydroxyl groups excluding tert-OH is 2. The molecule has 0 saturated carbocycles. The second-order valence-corrected chi connectivity index (χ2v) is 11.1. The van der Waals surface area contributed by atoms with Crippen LogP contribution in [-0.2, 0) is 19.6 Å². The molecule has 0 radical (unpaired) electrons. The Kier molecular flexibility index (Phi) is 9.59. The van der Waals surface area contributed by atoms with Crippen molar-refractivity contribution in [3.63, 3.8) is 0 Å². The van der Waals surface area contributed by atoms with Crippen molar-refractivity contribution in [1.29, 1.82) is 5.26 Å². The van der Waals surface area contributed by atoms with E-state index in [0.717, 1.165) is 28.7 Å². The van der Waals surface area contributed by atoms with Gasteiger partial charge in [0.25, 0.3) is 0 Å². The lowest BCUT2D eigenvalue weighted by atomic mass is 9.96. The van der Waals surface area contributed by atoms with Gasteiger partial charge in [-0.3, -0.25) is 4.98 Å². The van der Waals surface area contributed by atoms with Crippen LogP contribution in [0.15, 0.2) is 73.1 Å². The smallest absolute Gasteiger partial charge is 0.142 e. The molecule has 0 bridgehead atoms. The first-order valence-electron chi connectivity index (χ1n) is 14.2. The molecule has 4 aromatic rings. The van der Waals surface area contributed by atoms with Gasteiger partial charge < -0.3 is 25.0 Å². The summed E-state index contributed by atoms with van der Waals surface area (Å²) in [6.07, 6.45) is 4.77. The number of hydrogen-bond acceptors (Lipinski definition) is 7. The summed E-state index contributed by atoms with van der Waals surface area (Å²) in [5.41, 5.74) is 4.45. The molecule has 5 rings (SSSR count). The highest BCUT2D eigenvalue weighted by Gasteiger charge is 2.29. The van der Waals surface area contributed by atoms with Crippen molar-refractivity contribution >= 4 is 11.6 Å². The van der Waals surface area contributed by atoms with Crippen LogP contribution in [0.2, 0.25) is 5.02 Å². The fourth-order valence-electron chi connectivity index (χ4n) is 5.34. The van der Waals surface area contributed by atoms with Crippen molar-refractivity contribution in [1.82, 2.24) is 10.3 Å². The van der Waals surface area contributed by atoms with Gasteiger partial charge in [0, 0.05) is 41.7 Å². The predicted molar refractivity (Wildman–Crippen MR) is 162 cm³/mol. The Balaban J connectivity index is 1.44. The van der Waals surface area contributed by atoms with Gasteiger partial charge in [0.15, 0.2) is 0 Å². The number of aromatic nitrogens is 1. The Bertz CT molecular complexity index is 1630. The molecule has 1 aliphatic carbocycles. The molecule has 0 aliphatic heterocycles. The van der Waals surface area contributed by atoms with Gasteiger partial charge in [-0.15, -0.1) is 0 Å². The maximum Gasteiger partial charge on any atom is 0.142 e. The van der Waals surface area contributed by atoms with Crippen LogP contribution in [-0.4, -0.2) is 33.9 Å². The number of nitrogens with zero attached hydrogens (tertiary/aromatic N) is 2. The standard InChI is InChI=1S/C34H33ClFN3O4/c1-2-34(20-40,21-41)39-18-24-13-29(35)33(14-32(24)42-19-23-12-22(15-37)16-38-17-23)43-31-11-10-26-25(7-5-8-28(26)31)27-6-3-4-9-30(27)36/h3-9,12-14,16-17,31,39-41H,2,10-11,18-21H2,1H3/t31-/m0/s1. The number of rotatable bonds is 12. The van der Waals surface area contributed by atoms with Gasteiger partial charge in [-0.2, -0.15) is 5.26 Å². The average Bonchev–Trinajstić information content (AvgIpc) is 3.45. The zero-order chi connectivity index (χ0) is 30.4. The first kappa shape index (κ1) is 30.5. The van der Waals surface area contributed by atoms with Gasteiger partial charge in [-0.05, 0) is 54.2 Å². The van der Waals surface area contributed by atoms with E-state index in [1.54, 1.807) is 36.5 Å². The minimum atomic E-state index is -0.868. The largest absolute Gasteiger partial charge is 0.488 e. The van der Waals surface area contributed by atoms with Crippen LogP contribution >= 0.6 is 11.6 Å². The van der Waals surface area contributed by atoms with E-state index in [1.165, 1.54) is 12.3 Å². The highest BCUT2D eigenvalue weighted by atomic mass is 35.5. The molecule has 3 N–H and O–H groups in total. The summed E-state index contributed by atoms with van der Waals surface area (Å²) < 4.78 is 27.3. The molecule has 222 valence electrons. The van der Waals surface area contributed by atoms with Crippen LogP contribution in [0, 0.1) is 17.1 Å². The second-order valence-electron chi connectivity index (χ2n) is 10.7. The Morgan fingerprint density at radius 3 is 2.60 bits per heavy atom. The first-order chi connectivity index (χ1) is 20.9. The molecule has 0 saturated heterocycles. The third-order valence-corrected chi connectivity index (χ3v) is 8.31. The zero-order valence-corrected chi connectivity index (χ0v) is 24.6. The Morgan fingerprint density at radius 2 is 1.86 bits per heavy atom. The number of nitrogens with one attached hydrogen (secondary N) is 1. The van der Waals surface area contributed by atoms with Crippen molar-refractivity contribution in [3.8, 4) is 28.7 Å². The molecule has 1 aliphatic rings. The Morgan fingerprint density at radius 1 is 1.07 bits per heavy atom. The van der Waals surface area contributed by atoms with Gasteiger partial charge in [0.05, 0.1) is 29.3 Å². The quantitative estimate of drug-likeness (QED) is 0.175. The van der Waals surface area contributed by atoms with Crippen LogP contribution in [0.4, 0.5) is 4.39 Å². The normalized spacial score (nSPS) is 14.3. The minimum absolute atomic E-state index is 0.147. The average molecular weight is 602 g/mol. The lowest BCUT2D eigenvalue weighted by molar-refractivity contribution is 0.0861. The summed E-state index contributed by atoms with van der Waals surface area (Å²) >= 11 is 6.76. The predicted octanol–water partition coefficient (Wildman–Crippen LogP) is 6.28. The first-order valence-corrected chi connectivity index (χ1v) is 14.6. The zero-order valence-electron chi connectivity index (χ0n) is 23.8. The molecule has 1 heterocycles. The lowest BCUT2D eigenvalue weighted by Crippen LogP contribution is -2.50. The Labute approximate surface area is 255 Å². The molecular weight excluding hydrogens is 569 g/mol. The van der Waals surface area contributed by atoms with E-state index >= 15 is 0 Å². The van der Waals surface area contributed by atoms with Crippen molar-refractivity contribution in [3.05, 3.63) is 112 Å². The molecule has 43 heavy (non-hydrogen) atoms. The van der Waals surface area contributed by atoms with E-state index in [-0.39, 0.29) is 38.3 Å². The van der Waals surface area contributed by atoms with Crippen LogP contribution < -0.4 is 14.8 Å². The highest BCUT2D eigenvalue weighted by molar-refractivity contribution is 6.32. The SMILES string of the molecule is CCC(CO)(CO)NCc1cc(Cl)c(O[C@H]2CCc3c(-c4ccccc4F)cccc32)cc1OCc1cncc(C#N)c1. The van der Waals surface area contributed by atoms with E-state index in [4.69, 9.17) is 21.1 Å². The summed E-state index contributed by atoms with van der Waals surface area (Å²) in [5, 5.41) is 32.7. The third kappa shape index (κ3) is 6.66. The van der Waals surface area contributed by atoms with E-state index < -0.39 is 5.54 Å². The molecule has 1 atom stereocenters. The number of hydrogen-bond donors (Lipinski definition) is 3. The number of aliphatic hydroxyl groups is 2. The highest BCUT2D eigenvalue weighted by Crippen LogP contribution is 2.43. The maximum absolute atomic E-state index is 14.6. The molecule has 0 fully saturated rings. The molecule has 0 amide bonds. The second kappa shape index (κ2) is 13.5. The maximum atomic E-state index is 14.6. The van der Waals surface area contributed by atoms with Gasteiger partial charge in [0.1, 0.15) is 36.1 Å². The van der Waals surface area contributed by atoms with Gasteiger partial charge in [-0.1, -0.05) is 54.9 Å². The summed E-state index contributed by atoms with van der Waals surface area (Å²) in [5.74, 6) is 0.664. The van der Waals surface area contributed by atoms with E-state index in [1.807, 2.05) is 31.2 Å². The van der Waals surface area contributed by atoms with Crippen molar-refractivity contribution in [2.45, 2.75) is 51.0 Å². The van der Waals surface area contributed by atoms with Gasteiger partial charge >= 0.3 is 0 Å². The number of pyridine rings is 1. The number of benzene rings is 3. The van der Waals surface area contributed by atoms with Crippen molar-refractivity contribution < 1.29 is 24.1 Å². The molecule has 7 nitrogen and oxygen atoms in total. The number of ether oxygens (including phenoxy) is 2. The van der Waals surface area contributed by atoms with Crippen LogP contribution in [0.1, 0.15) is 53.7 Å². The van der Waals surface area contributed by atoms with E-state index in [9.17, 15) is 19.9 Å². The minimum Gasteiger partial charge on any atom is -0.488 e. The monoisotopic (exact) mass is 601 g/mol. The number of halogens is 2. The van der Waals surface area contributed by atoms with Gasteiger partial charge in [0.2, 0.25) is 0 Å². The molecular formula is C34H33ClFN3O4.